The van der Waals surface area contributed by atoms with E-state index in [1.165, 1.54) is 76.3 Å². The Morgan fingerprint density at radius 1 is 0.528 bits per heavy atom. The van der Waals surface area contributed by atoms with E-state index in [2.05, 4.69) is 27.7 Å². The van der Waals surface area contributed by atoms with Crippen molar-refractivity contribution in [3.05, 3.63) is 34.4 Å². The van der Waals surface area contributed by atoms with Gasteiger partial charge in [0.15, 0.2) is 0 Å². The van der Waals surface area contributed by atoms with Gasteiger partial charge in [-0.05, 0) is 60.8 Å². The van der Waals surface area contributed by atoms with E-state index >= 15 is 0 Å². The largest absolute Gasteiger partial charge is 0.478 e. The molecule has 1 aromatic carbocycles. The van der Waals surface area contributed by atoms with Crippen molar-refractivity contribution in [2.75, 3.05) is 0 Å². The second-order valence-corrected chi connectivity index (χ2v) is 11.5. The van der Waals surface area contributed by atoms with E-state index in [0.717, 1.165) is 61.5 Å². The molecule has 1 rings (SSSR count). The lowest BCUT2D eigenvalue weighted by atomic mass is 9.88. The summed E-state index contributed by atoms with van der Waals surface area (Å²) < 4.78 is 0. The van der Waals surface area contributed by atoms with Gasteiger partial charge in [0.05, 0.1) is 11.1 Å². The third-order valence-electron chi connectivity index (χ3n) is 7.31. The van der Waals surface area contributed by atoms with Gasteiger partial charge in [-0.2, -0.15) is 0 Å². The predicted molar refractivity (Wildman–Crippen MR) is 151 cm³/mol. The molecule has 4 heteroatoms. The molecule has 0 aromatic heterocycles. The van der Waals surface area contributed by atoms with E-state index in [1.54, 1.807) is 0 Å². The monoisotopic (exact) mass is 502 g/mol. The van der Waals surface area contributed by atoms with Crippen molar-refractivity contribution < 1.29 is 19.8 Å². The Labute approximate surface area is 221 Å². The van der Waals surface area contributed by atoms with Crippen molar-refractivity contribution in [3.63, 3.8) is 0 Å². The predicted octanol–water partition coefficient (Wildman–Crippen LogP) is 9.72. The molecule has 0 amide bonds. The Bertz CT molecular complexity index is 688. The van der Waals surface area contributed by atoms with Crippen molar-refractivity contribution in [3.8, 4) is 0 Å². The van der Waals surface area contributed by atoms with E-state index in [4.69, 9.17) is 0 Å². The summed E-state index contributed by atoms with van der Waals surface area (Å²) in [5, 5.41) is 19.6. The Morgan fingerprint density at radius 3 is 1.08 bits per heavy atom. The maximum atomic E-state index is 11.9. The molecule has 0 aliphatic rings. The van der Waals surface area contributed by atoms with Gasteiger partial charge in [0.1, 0.15) is 0 Å². The fraction of sp³-hybridized carbons (Fsp3) is 0.750. The number of carboxylic acid groups (broad SMARTS) is 2. The second-order valence-electron chi connectivity index (χ2n) is 11.5. The molecule has 0 aliphatic heterocycles. The molecule has 0 spiro atoms. The van der Waals surface area contributed by atoms with Crippen LogP contribution in [0.1, 0.15) is 162 Å². The van der Waals surface area contributed by atoms with Crippen LogP contribution < -0.4 is 0 Å². The van der Waals surface area contributed by atoms with E-state index in [9.17, 15) is 19.8 Å². The Morgan fingerprint density at radius 2 is 0.806 bits per heavy atom. The third kappa shape index (κ3) is 14.0. The SMILES string of the molecule is CC(C)CCCCCCCCCc1c(C(=O)O)ccc(C(=O)O)c1CCCCCCCCCC(C)C. The van der Waals surface area contributed by atoms with Crippen LogP contribution in [0.15, 0.2) is 12.1 Å². The van der Waals surface area contributed by atoms with E-state index in [0.29, 0.717) is 12.8 Å². The topological polar surface area (TPSA) is 74.6 Å². The fourth-order valence-electron chi connectivity index (χ4n) is 5.14. The van der Waals surface area contributed by atoms with Crippen molar-refractivity contribution >= 4 is 11.9 Å². The number of benzene rings is 1. The summed E-state index contributed by atoms with van der Waals surface area (Å²) in [4.78, 5) is 23.9. The number of carboxylic acids is 2. The van der Waals surface area contributed by atoms with Gasteiger partial charge < -0.3 is 10.2 Å². The van der Waals surface area contributed by atoms with Crippen molar-refractivity contribution in [2.24, 2.45) is 11.8 Å². The highest BCUT2D eigenvalue weighted by molar-refractivity contribution is 5.95. The number of aromatic carboxylic acids is 2. The summed E-state index contributed by atoms with van der Waals surface area (Å²) in [5.74, 6) is -0.336. The smallest absolute Gasteiger partial charge is 0.335 e. The number of hydrogen-bond donors (Lipinski definition) is 2. The third-order valence-corrected chi connectivity index (χ3v) is 7.31. The minimum Gasteiger partial charge on any atom is -0.478 e. The lowest BCUT2D eigenvalue weighted by Crippen LogP contribution is -2.12. The summed E-state index contributed by atoms with van der Waals surface area (Å²) in [6.45, 7) is 9.09. The van der Waals surface area contributed by atoms with Gasteiger partial charge in [0.25, 0.3) is 0 Å². The van der Waals surface area contributed by atoms with Crippen LogP contribution in [0.4, 0.5) is 0 Å². The summed E-state index contributed by atoms with van der Waals surface area (Å²) in [7, 11) is 0. The highest BCUT2D eigenvalue weighted by Gasteiger charge is 2.20. The molecule has 0 fully saturated rings. The molecule has 0 heterocycles. The van der Waals surface area contributed by atoms with Gasteiger partial charge in [0, 0.05) is 0 Å². The molecule has 0 unspecified atom stereocenters. The van der Waals surface area contributed by atoms with Gasteiger partial charge in [-0.25, -0.2) is 9.59 Å². The summed E-state index contributed by atoms with van der Waals surface area (Å²) in [6.07, 6.45) is 20.4. The van der Waals surface area contributed by atoms with Crippen LogP contribution in [0.2, 0.25) is 0 Å². The summed E-state index contributed by atoms with van der Waals surface area (Å²) in [6, 6.07) is 2.99. The Balaban J connectivity index is 2.58. The van der Waals surface area contributed by atoms with Crippen LogP contribution in [0, 0.1) is 11.8 Å². The first kappa shape index (κ1) is 32.2. The average molecular weight is 503 g/mol. The normalized spacial score (nSPS) is 11.5. The Kier molecular flexibility index (Phi) is 17.3. The molecule has 0 bridgehead atoms. The molecule has 36 heavy (non-hydrogen) atoms. The van der Waals surface area contributed by atoms with Crippen molar-refractivity contribution in [1.29, 1.82) is 0 Å². The van der Waals surface area contributed by atoms with Crippen LogP contribution in [0.25, 0.3) is 0 Å². The minimum absolute atomic E-state index is 0.286. The highest BCUT2D eigenvalue weighted by atomic mass is 16.4. The zero-order valence-electron chi connectivity index (χ0n) is 23.7. The van der Waals surface area contributed by atoms with E-state index in [-0.39, 0.29) is 11.1 Å². The van der Waals surface area contributed by atoms with Crippen LogP contribution in [0.5, 0.6) is 0 Å². The summed E-state index contributed by atoms with van der Waals surface area (Å²) >= 11 is 0. The lowest BCUT2D eigenvalue weighted by Gasteiger charge is -2.16. The molecular formula is C32H54O4. The zero-order valence-corrected chi connectivity index (χ0v) is 23.7. The number of unbranched alkanes of at least 4 members (excludes halogenated alkanes) is 12. The van der Waals surface area contributed by atoms with Gasteiger partial charge in [-0.1, -0.05) is 118 Å². The molecule has 206 valence electrons. The minimum atomic E-state index is -0.949. The van der Waals surface area contributed by atoms with E-state index < -0.39 is 11.9 Å². The van der Waals surface area contributed by atoms with Crippen LogP contribution in [0.3, 0.4) is 0 Å². The number of hydrogen-bond acceptors (Lipinski definition) is 2. The number of rotatable bonds is 22. The molecule has 1 aromatic rings. The molecule has 0 saturated carbocycles. The fourth-order valence-corrected chi connectivity index (χ4v) is 5.14. The van der Waals surface area contributed by atoms with Gasteiger partial charge in [0.2, 0.25) is 0 Å². The molecule has 0 aliphatic carbocycles. The molecule has 0 saturated heterocycles. The Hall–Kier alpha value is -1.84. The standard InChI is InChI=1S/C32H54O4/c1-25(2)19-15-11-7-5-9-13-17-21-27-28(30(32(35)36)24-23-29(27)31(33)34)22-18-14-10-6-8-12-16-20-26(3)4/h23-26H,5-22H2,1-4H3,(H,33,34)(H,35,36). The van der Waals surface area contributed by atoms with Gasteiger partial charge in [-0.3, -0.25) is 0 Å². The quantitative estimate of drug-likeness (QED) is 0.155. The first-order valence-corrected chi connectivity index (χ1v) is 14.8. The molecule has 2 N–H and O–H groups in total. The summed E-state index contributed by atoms with van der Waals surface area (Å²) in [5.41, 5.74) is 2.09. The lowest BCUT2D eigenvalue weighted by molar-refractivity contribution is 0.0679. The number of carbonyl (C=O) groups is 2. The zero-order chi connectivity index (χ0) is 26.8. The van der Waals surface area contributed by atoms with Crippen LogP contribution >= 0.6 is 0 Å². The second kappa shape index (κ2) is 19.3. The molecule has 4 nitrogen and oxygen atoms in total. The average Bonchev–Trinajstić information content (AvgIpc) is 2.81. The van der Waals surface area contributed by atoms with Gasteiger partial charge in [-0.15, -0.1) is 0 Å². The molecule has 0 atom stereocenters. The van der Waals surface area contributed by atoms with Crippen molar-refractivity contribution in [2.45, 2.75) is 143 Å². The maximum absolute atomic E-state index is 11.9. The van der Waals surface area contributed by atoms with Crippen molar-refractivity contribution in [1.82, 2.24) is 0 Å². The maximum Gasteiger partial charge on any atom is 0.335 e. The molecule has 0 radical (unpaired) electrons. The van der Waals surface area contributed by atoms with Crippen LogP contribution in [-0.4, -0.2) is 22.2 Å². The first-order chi connectivity index (χ1) is 17.2. The van der Waals surface area contributed by atoms with Crippen LogP contribution in [-0.2, 0) is 12.8 Å². The molecular weight excluding hydrogens is 448 g/mol. The first-order valence-electron chi connectivity index (χ1n) is 14.8. The van der Waals surface area contributed by atoms with E-state index in [1.807, 2.05) is 0 Å². The highest BCUT2D eigenvalue weighted by Crippen LogP contribution is 2.25. The van der Waals surface area contributed by atoms with Gasteiger partial charge >= 0.3 is 11.9 Å².